The van der Waals surface area contributed by atoms with E-state index in [2.05, 4.69) is 43.4 Å². The summed E-state index contributed by atoms with van der Waals surface area (Å²) in [4.78, 5) is 0. The van der Waals surface area contributed by atoms with E-state index < -0.39 is 0 Å². The molecule has 0 bridgehead atoms. The maximum Gasteiger partial charge on any atom is 0.0383 e. The second kappa shape index (κ2) is 8.98. The van der Waals surface area contributed by atoms with Gasteiger partial charge in [-0.3, -0.25) is 0 Å². The molecule has 0 saturated heterocycles. The fourth-order valence-electron chi connectivity index (χ4n) is 2.20. The van der Waals surface area contributed by atoms with Crippen LogP contribution in [0.25, 0.3) is 0 Å². The Bertz CT molecular complexity index is 323. The van der Waals surface area contributed by atoms with Gasteiger partial charge < -0.3 is 11.1 Å². The van der Waals surface area contributed by atoms with Crippen LogP contribution in [-0.2, 0) is 0 Å². The lowest BCUT2D eigenvalue weighted by atomic mass is 10.1. The number of nitrogens with two attached hydrogens (primary N) is 1. The number of para-hydroxylation sites is 1. The molecule has 1 unspecified atom stereocenters. The van der Waals surface area contributed by atoms with Gasteiger partial charge in [0.25, 0.3) is 0 Å². The van der Waals surface area contributed by atoms with E-state index >= 15 is 0 Å². The van der Waals surface area contributed by atoms with E-state index in [9.17, 15) is 0 Å². The molecule has 2 heteroatoms. The van der Waals surface area contributed by atoms with Crippen LogP contribution in [-0.4, -0.2) is 12.6 Å². The summed E-state index contributed by atoms with van der Waals surface area (Å²) < 4.78 is 0. The molecular formula is C16H28N2. The third kappa shape index (κ3) is 5.54. The second-order valence-corrected chi connectivity index (χ2v) is 5.09. The summed E-state index contributed by atoms with van der Waals surface area (Å²) in [6, 6.07) is 8.83. The van der Waals surface area contributed by atoms with Crippen LogP contribution in [0.3, 0.4) is 0 Å². The summed E-state index contributed by atoms with van der Waals surface area (Å²) >= 11 is 0. The highest BCUT2D eigenvalue weighted by Gasteiger charge is 2.07. The Morgan fingerprint density at radius 3 is 2.50 bits per heavy atom. The zero-order chi connectivity index (χ0) is 13.2. The average molecular weight is 248 g/mol. The van der Waals surface area contributed by atoms with Gasteiger partial charge in [0.2, 0.25) is 0 Å². The highest BCUT2D eigenvalue weighted by molar-refractivity contribution is 5.50. The summed E-state index contributed by atoms with van der Waals surface area (Å²) in [5.41, 5.74) is 8.37. The molecule has 1 atom stereocenters. The maximum absolute atomic E-state index is 5.85. The quantitative estimate of drug-likeness (QED) is 0.646. The van der Waals surface area contributed by atoms with E-state index in [0.29, 0.717) is 12.6 Å². The van der Waals surface area contributed by atoms with Gasteiger partial charge in [-0.05, 0) is 25.0 Å². The van der Waals surface area contributed by atoms with Crippen molar-refractivity contribution in [3.8, 4) is 0 Å². The Labute approximate surface area is 112 Å². The van der Waals surface area contributed by atoms with Gasteiger partial charge in [0, 0.05) is 18.3 Å². The summed E-state index contributed by atoms with van der Waals surface area (Å²) in [6.45, 7) is 5.10. The number of rotatable bonds is 9. The molecule has 0 spiro atoms. The molecule has 0 aliphatic heterocycles. The molecular weight excluding hydrogens is 220 g/mol. The Balaban J connectivity index is 2.31. The molecule has 102 valence electrons. The van der Waals surface area contributed by atoms with E-state index in [1.807, 2.05) is 0 Å². The molecule has 3 N–H and O–H groups in total. The lowest BCUT2D eigenvalue weighted by molar-refractivity contribution is 0.563. The molecule has 0 fully saturated rings. The standard InChI is InChI=1S/C16H28N2/c1-3-4-5-6-7-11-15(13-17)18-16-12-9-8-10-14(16)2/h8-10,12,15,18H,3-7,11,13,17H2,1-2H3. The van der Waals surface area contributed by atoms with Gasteiger partial charge >= 0.3 is 0 Å². The minimum Gasteiger partial charge on any atom is -0.381 e. The molecule has 0 aromatic heterocycles. The molecule has 0 heterocycles. The van der Waals surface area contributed by atoms with Crippen molar-refractivity contribution >= 4 is 5.69 Å². The average Bonchev–Trinajstić information content (AvgIpc) is 2.39. The molecule has 0 radical (unpaired) electrons. The van der Waals surface area contributed by atoms with Gasteiger partial charge in [0.1, 0.15) is 0 Å². The van der Waals surface area contributed by atoms with Crippen molar-refractivity contribution < 1.29 is 0 Å². The molecule has 1 rings (SSSR count). The van der Waals surface area contributed by atoms with E-state index in [1.54, 1.807) is 0 Å². The van der Waals surface area contributed by atoms with E-state index in [-0.39, 0.29) is 0 Å². The third-order valence-electron chi connectivity index (χ3n) is 3.45. The van der Waals surface area contributed by atoms with Crippen LogP contribution in [0.5, 0.6) is 0 Å². The molecule has 0 aliphatic carbocycles. The predicted molar refractivity (Wildman–Crippen MR) is 81.0 cm³/mol. The van der Waals surface area contributed by atoms with Crippen molar-refractivity contribution in [2.75, 3.05) is 11.9 Å². The number of benzene rings is 1. The van der Waals surface area contributed by atoms with Gasteiger partial charge in [-0.2, -0.15) is 0 Å². The van der Waals surface area contributed by atoms with Gasteiger partial charge in [-0.15, -0.1) is 0 Å². The molecule has 0 saturated carbocycles. The van der Waals surface area contributed by atoms with Crippen molar-refractivity contribution in [1.29, 1.82) is 0 Å². The van der Waals surface area contributed by atoms with Crippen LogP contribution in [0, 0.1) is 6.92 Å². The Kier molecular flexibility index (Phi) is 7.51. The van der Waals surface area contributed by atoms with E-state index in [1.165, 1.54) is 49.8 Å². The highest BCUT2D eigenvalue weighted by atomic mass is 14.9. The molecule has 0 aliphatic rings. The largest absolute Gasteiger partial charge is 0.381 e. The van der Waals surface area contributed by atoms with Crippen molar-refractivity contribution in [2.45, 2.75) is 58.4 Å². The van der Waals surface area contributed by atoms with Crippen LogP contribution in [0.15, 0.2) is 24.3 Å². The lowest BCUT2D eigenvalue weighted by Crippen LogP contribution is -2.29. The van der Waals surface area contributed by atoms with E-state index in [0.717, 1.165) is 0 Å². The molecule has 1 aromatic carbocycles. The highest BCUT2D eigenvalue weighted by Crippen LogP contribution is 2.16. The van der Waals surface area contributed by atoms with Gasteiger partial charge in [0.15, 0.2) is 0 Å². The third-order valence-corrected chi connectivity index (χ3v) is 3.45. The minimum atomic E-state index is 0.410. The minimum absolute atomic E-state index is 0.410. The van der Waals surface area contributed by atoms with Crippen LogP contribution >= 0.6 is 0 Å². The number of hydrogen-bond donors (Lipinski definition) is 2. The topological polar surface area (TPSA) is 38.0 Å². The number of unbranched alkanes of at least 4 members (excludes halogenated alkanes) is 4. The number of nitrogens with one attached hydrogen (secondary N) is 1. The van der Waals surface area contributed by atoms with Gasteiger partial charge in [-0.25, -0.2) is 0 Å². The monoisotopic (exact) mass is 248 g/mol. The predicted octanol–water partition coefficient (Wildman–Crippen LogP) is 4.09. The van der Waals surface area contributed by atoms with Crippen molar-refractivity contribution in [2.24, 2.45) is 5.73 Å². The van der Waals surface area contributed by atoms with Gasteiger partial charge in [-0.1, -0.05) is 57.2 Å². The zero-order valence-corrected chi connectivity index (χ0v) is 11.9. The first-order valence-corrected chi connectivity index (χ1v) is 7.30. The number of anilines is 1. The van der Waals surface area contributed by atoms with Crippen LogP contribution < -0.4 is 11.1 Å². The number of aryl methyl sites for hydroxylation is 1. The van der Waals surface area contributed by atoms with Crippen LogP contribution in [0.2, 0.25) is 0 Å². The fraction of sp³-hybridized carbons (Fsp3) is 0.625. The molecule has 1 aromatic rings. The number of hydrogen-bond acceptors (Lipinski definition) is 2. The normalized spacial score (nSPS) is 12.4. The van der Waals surface area contributed by atoms with Crippen LogP contribution in [0.1, 0.15) is 51.0 Å². The first kappa shape index (κ1) is 15.0. The maximum atomic E-state index is 5.85. The SMILES string of the molecule is CCCCCCCC(CN)Nc1ccccc1C. The smallest absolute Gasteiger partial charge is 0.0383 e. The van der Waals surface area contributed by atoms with Crippen molar-refractivity contribution in [3.63, 3.8) is 0 Å². The molecule has 2 nitrogen and oxygen atoms in total. The second-order valence-electron chi connectivity index (χ2n) is 5.09. The summed E-state index contributed by atoms with van der Waals surface area (Å²) in [5, 5.41) is 3.56. The first-order chi connectivity index (χ1) is 8.77. The van der Waals surface area contributed by atoms with E-state index in [4.69, 9.17) is 5.73 Å². The first-order valence-electron chi connectivity index (χ1n) is 7.30. The van der Waals surface area contributed by atoms with Crippen molar-refractivity contribution in [3.05, 3.63) is 29.8 Å². The van der Waals surface area contributed by atoms with Crippen molar-refractivity contribution in [1.82, 2.24) is 0 Å². The Morgan fingerprint density at radius 2 is 1.83 bits per heavy atom. The zero-order valence-electron chi connectivity index (χ0n) is 11.9. The summed E-state index contributed by atoms with van der Waals surface area (Å²) in [5.74, 6) is 0. The lowest BCUT2D eigenvalue weighted by Gasteiger charge is -2.19. The van der Waals surface area contributed by atoms with Crippen LogP contribution in [0.4, 0.5) is 5.69 Å². The molecule has 18 heavy (non-hydrogen) atoms. The summed E-state index contributed by atoms with van der Waals surface area (Å²) in [6.07, 6.45) is 7.81. The fourth-order valence-corrected chi connectivity index (χ4v) is 2.20. The Hall–Kier alpha value is -1.02. The molecule has 0 amide bonds. The summed E-state index contributed by atoms with van der Waals surface area (Å²) in [7, 11) is 0. The van der Waals surface area contributed by atoms with Gasteiger partial charge in [0.05, 0.1) is 0 Å². The Morgan fingerprint density at radius 1 is 1.11 bits per heavy atom.